The molecule has 0 spiro atoms. The largest absolute Gasteiger partial charge is 0.381 e. The Bertz CT molecular complexity index is 907. The lowest BCUT2D eigenvalue weighted by molar-refractivity contribution is 0.105. The van der Waals surface area contributed by atoms with Crippen molar-refractivity contribution in [3.05, 3.63) is 96.1 Å². The molecule has 4 aromatic carbocycles. The minimum Gasteiger partial charge on any atom is -0.381 e. The van der Waals surface area contributed by atoms with Crippen molar-refractivity contribution in [3.63, 3.8) is 0 Å². The van der Waals surface area contributed by atoms with Gasteiger partial charge in [0, 0.05) is 0 Å². The molecule has 0 aliphatic heterocycles. The summed E-state index contributed by atoms with van der Waals surface area (Å²) < 4.78 is 0. The molecule has 1 nitrogen and oxygen atoms in total. The highest BCUT2D eigenvalue weighted by atomic mass is 16.3. The van der Waals surface area contributed by atoms with E-state index in [0.29, 0.717) is 0 Å². The highest BCUT2D eigenvalue weighted by molar-refractivity contribution is 5.90. The normalized spacial score (nSPS) is 11.9. The molecule has 0 aliphatic rings. The van der Waals surface area contributed by atoms with Crippen molar-refractivity contribution in [3.8, 4) is 0 Å². The summed E-state index contributed by atoms with van der Waals surface area (Å²) in [6.07, 6.45) is 0. The predicted molar refractivity (Wildman–Crippen MR) is 96.6 cm³/mol. The monoisotopic (exact) mass is 298 g/mol. The minimum absolute atomic E-state index is 0.937. The summed E-state index contributed by atoms with van der Waals surface area (Å²) in [5.74, 6) is 0. The summed E-state index contributed by atoms with van der Waals surface area (Å²) >= 11 is 0. The van der Waals surface area contributed by atoms with Crippen LogP contribution < -0.4 is 0 Å². The zero-order valence-electron chi connectivity index (χ0n) is 13.0. The molecule has 0 unspecified atom stereocenters. The lowest BCUT2D eigenvalue weighted by atomic mass is 9.83. The molecule has 0 bridgehead atoms. The van der Waals surface area contributed by atoms with Crippen LogP contribution in [0.1, 0.15) is 18.1 Å². The molecule has 0 fully saturated rings. The Morgan fingerprint density at radius 2 is 0.957 bits per heavy atom. The second kappa shape index (κ2) is 5.22. The predicted octanol–water partition coefficient (Wildman–Crippen LogP) is 5.25. The molecule has 112 valence electrons. The van der Waals surface area contributed by atoms with Crippen molar-refractivity contribution < 1.29 is 5.11 Å². The quantitative estimate of drug-likeness (QED) is 0.536. The Balaban J connectivity index is 2.02. The zero-order valence-corrected chi connectivity index (χ0v) is 13.0. The van der Waals surface area contributed by atoms with Crippen LogP contribution in [0, 0.1) is 0 Å². The van der Waals surface area contributed by atoms with Crippen LogP contribution in [0.4, 0.5) is 0 Å². The molecule has 23 heavy (non-hydrogen) atoms. The Hall–Kier alpha value is -2.64. The van der Waals surface area contributed by atoms with Crippen LogP contribution in [0.5, 0.6) is 0 Å². The zero-order chi connectivity index (χ0) is 15.9. The van der Waals surface area contributed by atoms with E-state index in [9.17, 15) is 5.11 Å². The van der Waals surface area contributed by atoms with Crippen molar-refractivity contribution in [1.82, 2.24) is 0 Å². The number of hydrogen-bond donors (Lipinski definition) is 1. The first-order chi connectivity index (χ1) is 11.2. The number of hydrogen-bond acceptors (Lipinski definition) is 1. The van der Waals surface area contributed by atoms with E-state index in [1.54, 1.807) is 0 Å². The Morgan fingerprint density at radius 3 is 1.43 bits per heavy atom. The molecule has 1 heteroatoms. The van der Waals surface area contributed by atoms with E-state index in [2.05, 4.69) is 36.4 Å². The van der Waals surface area contributed by atoms with Crippen LogP contribution in [0.3, 0.4) is 0 Å². The molecule has 0 saturated heterocycles. The maximum Gasteiger partial charge on any atom is 0.113 e. The van der Waals surface area contributed by atoms with E-state index >= 15 is 0 Å². The molecule has 4 aromatic rings. The van der Waals surface area contributed by atoms with Crippen LogP contribution in [0.15, 0.2) is 84.9 Å². The van der Waals surface area contributed by atoms with Crippen molar-refractivity contribution in [1.29, 1.82) is 0 Å². The van der Waals surface area contributed by atoms with Gasteiger partial charge in [0.25, 0.3) is 0 Å². The second-order valence-corrected chi connectivity index (χ2v) is 6.13. The summed E-state index contributed by atoms with van der Waals surface area (Å²) in [6, 6.07) is 28.6. The minimum atomic E-state index is -1.05. The fraction of sp³-hybridized carbons (Fsp3) is 0.0909. The van der Waals surface area contributed by atoms with Gasteiger partial charge in [0.05, 0.1) is 0 Å². The smallest absolute Gasteiger partial charge is 0.113 e. The van der Waals surface area contributed by atoms with E-state index in [4.69, 9.17) is 0 Å². The van der Waals surface area contributed by atoms with E-state index < -0.39 is 5.60 Å². The van der Waals surface area contributed by atoms with Gasteiger partial charge in [-0.15, -0.1) is 0 Å². The molecule has 0 heterocycles. The molecule has 0 saturated carbocycles. The van der Waals surface area contributed by atoms with Crippen molar-refractivity contribution in [2.75, 3.05) is 0 Å². The molecule has 0 amide bonds. The average Bonchev–Trinajstić information content (AvgIpc) is 2.60. The van der Waals surface area contributed by atoms with Gasteiger partial charge in [-0.25, -0.2) is 0 Å². The maximum absolute atomic E-state index is 11.5. The molecular formula is C22H18O. The lowest BCUT2D eigenvalue weighted by Gasteiger charge is -2.27. The SMILES string of the molecule is CC(O)(c1cccc2ccccc12)c1cccc2ccccc12. The average molecular weight is 298 g/mol. The summed E-state index contributed by atoms with van der Waals surface area (Å²) in [5.41, 5.74) is 0.820. The molecule has 0 aliphatic carbocycles. The van der Waals surface area contributed by atoms with Gasteiger partial charge in [-0.3, -0.25) is 0 Å². The Kier molecular flexibility index (Phi) is 3.17. The number of benzene rings is 4. The summed E-state index contributed by atoms with van der Waals surface area (Å²) in [5, 5.41) is 15.9. The molecule has 0 aromatic heterocycles. The summed E-state index contributed by atoms with van der Waals surface area (Å²) in [7, 11) is 0. The van der Waals surface area contributed by atoms with Crippen LogP contribution in [0.25, 0.3) is 21.5 Å². The first-order valence-electron chi connectivity index (χ1n) is 7.87. The number of aliphatic hydroxyl groups is 1. The third-order valence-corrected chi connectivity index (χ3v) is 4.63. The standard InChI is InChI=1S/C22H18O/c1-22(23,20-14-6-10-16-8-2-4-12-18(16)20)21-15-7-11-17-9-3-5-13-19(17)21/h2-15,23H,1H3. The van der Waals surface area contributed by atoms with E-state index in [0.717, 1.165) is 32.7 Å². The number of fused-ring (bicyclic) bond motifs is 2. The lowest BCUT2D eigenvalue weighted by Crippen LogP contribution is -2.23. The van der Waals surface area contributed by atoms with E-state index in [1.807, 2.05) is 55.5 Å². The second-order valence-electron chi connectivity index (χ2n) is 6.13. The van der Waals surface area contributed by atoms with Crippen molar-refractivity contribution in [2.24, 2.45) is 0 Å². The Morgan fingerprint density at radius 1 is 0.565 bits per heavy atom. The van der Waals surface area contributed by atoms with Crippen LogP contribution in [-0.2, 0) is 5.60 Å². The number of rotatable bonds is 2. The van der Waals surface area contributed by atoms with Crippen molar-refractivity contribution >= 4 is 21.5 Å². The fourth-order valence-corrected chi connectivity index (χ4v) is 3.44. The molecule has 0 atom stereocenters. The van der Waals surface area contributed by atoms with E-state index in [1.165, 1.54) is 0 Å². The van der Waals surface area contributed by atoms with Gasteiger partial charge in [0.1, 0.15) is 5.60 Å². The molecule has 1 N–H and O–H groups in total. The van der Waals surface area contributed by atoms with Crippen LogP contribution in [0.2, 0.25) is 0 Å². The molecule has 4 rings (SSSR count). The highest BCUT2D eigenvalue weighted by Crippen LogP contribution is 2.37. The van der Waals surface area contributed by atoms with E-state index in [-0.39, 0.29) is 0 Å². The van der Waals surface area contributed by atoms with Gasteiger partial charge in [0.15, 0.2) is 0 Å². The first kappa shape index (κ1) is 14.0. The molecule has 0 radical (unpaired) electrons. The van der Waals surface area contributed by atoms with Gasteiger partial charge in [0.2, 0.25) is 0 Å². The first-order valence-corrected chi connectivity index (χ1v) is 7.87. The van der Waals surface area contributed by atoms with Gasteiger partial charge in [-0.05, 0) is 39.6 Å². The maximum atomic E-state index is 11.5. The van der Waals surface area contributed by atoms with Gasteiger partial charge in [-0.1, -0.05) is 84.9 Å². The van der Waals surface area contributed by atoms with Crippen LogP contribution >= 0.6 is 0 Å². The third-order valence-electron chi connectivity index (χ3n) is 4.63. The van der Waals surface area contributed by atoms with Gasteiger partial charge < -0.3 is 5.11 Å². The summed E-state index contributed by atoms with van der Waals surface area (Å²) in [4.78, 5) is 0. The van der Waals surface area contributed by atoms with Gasteiger partial charge in [-0.2, -0.15) is 0 Å². The highest BCUT2D eigenvalue weighted by Gasteiger charge is 2.28. The molecular weight excluding hydrogens is 280 g/mol. The third kappa shape index (κ3) is 2.21. The van der Waals surface area contributed by atoms with Gasteiger partial charge >= 0.3 is 0 Å². The Labute approximate surface area is 135 Å². The fourth-order valence-electron chi connectivity index (χ4n) is 3.44. The topological polar surface area (TPSA) is 20.2 Å². The summed E-state index contributed by atoms with van der Waals surface area (Å²) in [6.45, 7) is 1.89. The van der Waals surface area contributed by atoms with Crippen LogP contribution in [-0.4, -0.2) is 5.11 Å². The van der Waals surface area contributed by atoms with Crippen molar-refractivity contribution in [2.45, 2.75) is 12.5 Å².